The number of hydrogen-bond donors (Lipinski definition) is 1. The summed E-state index contributed by atoms with van der Waals surface area (Å²) in [5, 5.41) is 0. The molecule has 0 amide bonds. The minimum absolute atomic E-state index is 0.0187. The Labute approximate surface area is 92.7 Å². The smallest absolute Gasteiger partial charge is 0.147 e. The van der Waals surface area contributed by atoms with Crippen molar-refractivity contribution in [3.05, 3.63) is 0 Å². The molecule has 1 N–H and O–H groups in total. The molecular formula is C8H20N2O3S2. The van der Waals surface area contributed by atoms with Crippen molar-refractivity contribution >= 4 is 19.6 Å². The maximum absolute atomic E-state index is 11.6. The molecule has 0 aliphatic heterocycles. The van der Waals surface area contributed by atoms with Gasteiger partial charge in [-0.3, -0.25) is 4.78 Å². The lowest BCUT2D eigenvalue weighted by Crippen LogP contribution is -2.23. The van der Waals surface area contributed by atoms with E-state index in [1.807, 2.05) is 19.0 Å². The fourth-order valence-corrected chi connectivity index (χ4v) is 3.31. The number of nitrogens with zero attached hydrogens (tertiary/aromatic N) is 1. The van der Waals surface area contributed by atoms with Gasteiger partial charge in [0.25, 0.3) is 0 Å². The second-order valence-corrected chi connectivity index (χ2v) is 8.71. The van der Waals surface area contributed by atoms with Crippen LogP contribution >= 0.6 is 0 Å². The maximum atomic E-state index is 11.6. The molecule has 0 saturated heterocycles. The summed E-state index contributed by atoms with van der Waals surface area (Å²) in [5.41, 5.74) is 0. The van der Waals surface area contributed by atoms with Gasteiger partial charge in [0.15, 0.2) is 0 Å². The highest BCUT2D eigenvalue weighted by atomic mass is 32.2. The second-order valence-electron chi connectivity index (χ2n) is 4.01. The molecule has 0 aromatic rings. The Bertz CT molecular complexity index is 371. The highest BCUT2D eigenvalue weighted by molar-refractivity contribution is 7.92. The quantitative estimate of drug-likeness (QED) is 0.697. The lowest BCUT2D eigenvalue weighted by molar-refractivity contribution is 0.435. The number of sulfone groups is 1. The highest BCUT2D eigenvalue weighted by Gasteiger charge is 2.09. The summed E-state index contributed by atoms with van der Waals surface area (Å²) in [7, 11) is -1.90. The molecule has 15 heavy (non-hydrogen) atoms. The van der Waals surface area contributed by atoms with Crippen molar-refractivity contribution in [2.24, 2.45) is 0 Å². The monoisotopic (exact) mass is 256 g/mol. The fourth-order valence-electron chi connectivity index (χ4n) is 0.986. The van der Waals surface area contributed by atoms with Crippen LogP contribution in [0.25, 0.3) is 0 Å². The molecule has 5 nitrogen and oxygen atoms in total. The van der Waals surface area contributed by atoms with Crippen molar-refractivity contribution in [2.75, 3.05) is 44.2 Å². The van der Waals surface area contributed by atoms with Crippen molar-refractivity contribution in [2.45, 2.75) is 6.42 Å². The Hall–Kier alpha value is -0.140. The first-order valence-electron chi connectivity index (χ1n) is 4.69. The molecule has 0 heterocycles. The third kappa shape index (κ3) is 10.1. The van der Waals surface area contributed by atoms with E-state index < -0.39 is 19.6 Å². The summed E-state index contributed by atoms with van der Waals surface area (Å²) in [6, 6.07) is 0. The van der Waals surface area contributed by atoms with Crippen molar-refractivity contribution in [1.29, 1.82) is 4.78 Å². The molecule has 0 saturated carbocycles. The van der Waals surface area contributed by atoms with Crippen LogP contribution < -0.4 is 0 Å². The van der Waals surface area contributed by atoms with Crippen molar-refractivity contribution in [1.82, 2.24) is 4.90 Å². The standard InChI is InChI=1S/C8H20N2O3S2/c1-10(2)5-8-15(9,13)7-4-6-14(3,11)12/h9H,4-8H2,1-3H3. The average Bonchev–Trinajstić information content (AvgIpc) is 1.98. The summed E-state index contributed by atoms with van der Waals surface area (Å²) in [4.78, 5) is 1.87. The Kier molecular flexibility index (Phi) is 5.76. The first-order valence-corrected chi connectivity index (χ1v) is 8.65. The normalized spacial score (nSPS) is 16.5. The summed E-state index contributed by atoms with van der Waals surface area (Å²) >= 11 is 0. The molecule has 0 spiro atoms. The summed E-state index contributed by atoms with van der Waals surface area (Å²) in [6.07, 6.45) is 1.47. The van der Waals surface area contributed by atoms with Gasteiger partial charge < -0.3 is 4.90 Å². The molecule has 92 valence electrons. The van der Waals surface area contributed by atoms with Crippen molar-refractivity contribution < 1.29 is 12.6 Å². The molecule has 0 aromatic carbocycles. The van der Waals surface area contributed by atoms with Crippen LogP contribution in [-0.4, -0.2) is 61.7 Å². The summed E-state index contributed by atoms with van der Waals surface area (Å²) in [6.45, 7) is 0.598. The van der Waals surface area contributed by atoms with Crippen LogP contribution in [0.4, 0.5) is 0 Å². The fraction of sp³-hybridized carbons (Fsp3) is 1.00. The average molecular weight is 256 g/mol. The third-order valence-corrected chi connectivity index (χ3v) is 4.68. The highest BCUT2D eigenvalue weighted by Crippen LogP contribution is 1.98. The van der Waals surface area contributed by atoms with Crippen LogP contribution in [0.5, 0.6) is 0 Å². The van der Waals surface area contributed by atoms with Crippen molar-refractivity contribution in [3.8, 4) is 0 Å². The van der Waals surface area contributed by atoms with Gasteiger partial charge in [0.05, 0.1) is 5.75 Å². The van der Waals surface area contributed by atoms with E-state index in [2.05, 4.69) is 0 Å². The van der Waals surface area contributed by atoms with E-state index in [0.717, 1.165) is 6.26 Å². The van der Waals surface area contributed by atoms with Gasteiger partial charge in [-0.15, -0.1) is 0 Å². The predicted molar refractivity (Wildman–Crippen MR) is 63.5 cm³/mol. The van der Waals surface area contributed by atoms with Gasteiger partial charge >= 0.3 is 0 Å². The number of rotatable bonds is 7. The Balaban J connectivity index is 3.96. The number of nitrogens with one attached hydrogen (secondary N) is 1. The van der Waals surface area contributed by atoms with E-state index in [4.69, 9.17) is 4.78 Å². The van der Waals surface area contributed by atoms with Gasteiger partial charge in [-0.1, -0.05) is 0 Å². The largest absolute Gasteiger partial charge is 0.308 e. The van der Waals surface area contributed by atoms with Gasteiger partial charge in [0.2, 0.25) is 0 Å². The van der Waals surface area contributed by atoms with Gasteiger partial charge in [0.1, 0.15) is 9.84 Å². The first-order chi connectivity index (χ1) is 6.62. The van der Waals surface area contributed by atoms with E-state index in [1.54, 1.807) is 0 Å². The van der Waals surface area contributed by atoms with Crippen LogP contribution in [0.2, 0.25) is 0 Å². The van der Waals surface area contributed by atoms with Crippen molar-refractivity contribution in [3.63, 3.8) is 0 Å². The lowest BCUT2D eigenvalue weighted by Gasteiger charge is -2.11. The van der Waals surface area contributed by atoms with E-state index in [1.165, 1.54) is 0 Å². The van der Waals surface area contributed by atoms with Gasteiger partial charge in [-0.25, -0.2) is 12.6 Å². The summed E-state index contributed by atoms with van der Waals surface area (Å²) < 4.78 is 40.8. The first kappa shape index (κ1) is 14.9. The second kappa shape index (κ2) is 5.81. The van der Waals surface area contributed by atoms with Crippen LogP contribution in [-0.2, 0) is 19.6 Å². The maximum Gasteiger partial charge on any atom is 0.147 e. The van der Waals surface area contributed by atoms with Crippen LogP contribution in [0, 0.1) is 4.78 Å². The Morgan fingerprint density at radius 3 is 2.00 bits per heavy atom. The molecule has 0 bridgehead atoms. The molecule has 0 radical (unpaired) electrons. The zero-order chi connectivity index (χ0) is 12.1. The lowest BCUT2D eigenvalue weighted by atomic mass is 10.6. The molecule has 0 aliphatic rings. The molecule has 1 unspecified atom stereocenters. The molecular weight excluding hydrogens is 236 g/mol. The van der Waals surface area contributed by atoms with E-state index >= 15 is 0 Å². The van der Waals surface area contributed by atoms with Crippen LogP contribution in [0.1, 0.15) is 6.42 Å². The molecule has 7 heteroatoms. The molecule has 0 aliphatic carbocycles. The molecule has 0 aromatic heterocycles. The van der Waals surface area contributed by atoms with E-state index in [9.17, 15) is 12.6 Å². The minimum atomic E-state index is -3.00. The molecule has 1 atom stereocenters. The SMILES string of the molecule is CN(C)CCS(=N)(=O)CCCS(C)(=O)=O. The summed E-state index contributed by atoms with van der Waals surface area (Å²) in [5.74, 6) is 0.502. The topological polar surface area (TPSA) is 78.3 Å². The van der Waals surface area contributed by atoms with Gasteiger partial charge in [-0.05, 0) is 20.5 Å². The van der Waals surface area contributed by atoms with Crippen LogP contribution in [0.15, 0.2) is 0 Å². The van der Waals surface area contributed by atoms with E-state index in [0.29, 0.717) is 18.7 Å². The van der Waals surface area contributed by atoms with Crippen LogP contribution in [0.3, 0.4) is 0 Å². The van der Waals surface area contributed by atoms with Gasteiger partial charge in [0, 0.05) is 34.0 Å². The predicted octanol–water partition coefficient (Wildman–Crippen LogP) is 0.0295. The zero-order valence-electron chi connectivity index (χ0n) is 9.52. The third-order valence-electron chi connectivity index (χ3n) is 1.86. The molecule has 0 fully saturated rings. The molecule has 0 rings (SSSR count). The van der Waals surface area contributed by atoms with Gasteiger partial charge in [-0.2, -0.15) is 0 Å². The zero-order valence-corrected chi connectivity index (χ0v) is 11.2. The Morgan fingerprint density at radius 2 is 1.60 bits per heavy atom. The number of hydrogen-bond acceptors (Lipinski definition) is 5. The minimum Gasteiger partial charge on any atom is -0.308 e. The van der Waals surface area contributed by atoms with E-state index in [-0.39, 0.29) is 11.5 Å². The Morgan fingerprint density at radius 1 is 1.07 bits per heavy atom.